The number of rotatable bonds is 4. The zero-order valence-corrected chi connectivity index (χ0v) is 11.9. The van der Waals surface area contributed by atoms with Gasteiger partial charge in [-0.3, -0.25) is 4.79 Å². The Balaban J connectivity index is 1.98. The van der Waals surface area contributed by atoms with Crippen LogP contribution in [0.15, 0.2) is 24.3 Å². The highest BCUT2D eigenvalue weighted by Crippen LogP contribution is 2.32. The van der Waals surface area contributed by atoms with Gasteiger partial charge in [-0.1, -0.05) is 36.6 Å². The van der Waals surface area contributed by atoms with Gasteiger partial charge in [-0.25, -0.2) is 0 Å². The van der Waals surface area contributed by atoms with Crippen molar-refractivity contribution in [2.24, 2.45) is 0 Å². The SMILES string of the molecule is N#C[C@@H](NC(=O)CC1(O)CCCC1)c1ccc(Cl)cc1. The van der Waals surface area contributed by atoms with Gasteiger partial charge < -0.3 is 10.4 Å². The van der Waals surface area contributed by atoms with Gasteiger partial charge in [-0.2, -0.15) is 5.26 Å². The number of carbonyl (C=O) groups is 1. The van der Waals surface area contributed by atoms with Crippen LogP contribution in [0.3, 0.4) is 0 Å². The third-order valence-corrected chi connectivity index (χ3v) is 3.91. The number of carbonyl (C=O) groups excluding carboxylic acids is 1. The molecule has 0 heterocycles. The molecule has 1 saturated carbocycles. The zero-order chi connectivity index (χ0) is 14.6. The second-order valence-corrected chi connectivity index (χ2v) is 5.73. The highest BCUT2D eigenvalue weighted by molar-refractivity contribution is 6.30. The second kappa shape index (κ2) is 6.25. The van der Waals surface area contributed by atoms with Gasteiger partial charge in [0.2, 0.25) is 5.91 Å². The van der Waals surface area contributed by atoms with E-state index < -0.39 is 11.6 Å². The van der Waals surface area contributed by atoms with E-state index in [1.54, 1.807) is 24.3 Å². The van der Waals surface area contributed by atoms with Crippen molar-refractivity contribution in [3.8, 4) is 6.07 Å². The highest BCUT2D eigenvalue weighted by atomic mass is 35.5. The van der Waals surface area contributed by atoms with Crippen molar-refractivity contribution in [2.45, 2.75) is 43.7 Å². The Kier molecular flexibility index (Phi) is 4.64. The minimum Gasteiger partial charge on any atom is -0.389 e. The molecule has 0 unspecified atom stereocenters. The lowest BCUT2D eigenvalue weighted by molar-refractivity contribution is -0.126. The largest absolute Gasteiger partial charge is 0.389 e. The number of nitrogens with zero attached hydrogens (tertiary/aromatic N) is 1. The van der Waals surface area contributed by atoms with Gasteiger partial charge >= 0.3 is 0 Å². The normalized spacial score (nSPS) is 18.2. The fourth-order valence-electron chi connectivity index (χ4n) is 2.57. The van der Waals surface area contributed by atoms with Crippen molar-refractivity contribution >= 4 is 17.5 Å². The smallest absolute Gasteiger partial charge is 0.224 e. The molecule has 1 aromatic carbocycles. The predicted octanol–water partition coefficient (Wildman–Crippen LogP) is 2.72. The lowest BCUT2D eigenvalue weighted by Gasteiger charge is -2.22. The molecule has 4 nitrogen and oxygen atoms in total. The molecule has 2 N–H and O–H groups in total. The van der Waals surface area contributed by atoms with Crippen LogP contribution < -0.4 is 5.32 Å². The van der Waals surface area contributed by atoms with Crippen molar-refractivity contribution in [1.29, 1.82) is 5.26 Å². The Morgan fingerprint density at radius 2 is 2.00 bits per heavy atom. The van der Waals surface area contributed by atoms with Crippen LogP contribution in [-0.2, 0) is 4.79 Å². The maximum atomic E-state index is 12.0. The van der Waals surface area contributed by atoms with Crippen molar-refractivity contribution in [3.05, 3.63) is 34.9 Å². The molecule has 106 valence electrons. The van der Waals surface area contributed by atoms with Crippen LogP contribution in [0, 0.1) is 11.3 Å². The lowest BCUT2D eigenvalue weighted by atomic mass is 9.97. The summed E-state index contributed by atoms with van der Waals surface area (Å²) in [6, 6.07) is 8.11. The van der Waals surface area contributed by atoms with Gasteiger partial charge in [0.25, 0.3) is 0 Å². The molecule has 1 aliphatic carbocycles. The summed E-state index contributed by atoms with van der Waals surface area (Å²) in [5.41, 5.74) is -0.215. The van der Waals surface area contributed by atoms with Crippen LogP contribution in [0.1, 0.15) is 43.7 Å². The molecule has 0 radical (unpaired) electrons. The van der Waals surface area contributed by atoms with E-state index in [1.807, 2.05) is 6.07 Å². The van der Waals surface area contributed by atoms with Crippen LogP contribution >= 0.6 is 11.6 Å². The maximum absolute atomic E-state index is 12.0. The van der Waals surface area contributed by atoms with Gasteiger partial charge in [-0.15, -0.1) is 0 Å². The van der Waals surface area contributed by atoms with E-state index in [-0.39, 0.29) is 12.3 Å². The molecule has 1 fully saturated rings. The molecular weight excluding hydrogens is 276 g/mol. The molecular formula is C15H17ClN2O2. The number of hydrogen-bond acceptors (Lipinski definition) is 3. The zero-order valence-electron chi connectivity index (χ0n) is 11.1. The standard InChI is InChI=1S/C15H17ClN2O2/c16-12-5-3-11(4-6-12)13(10-17)18-14(19)9-15(20)7-1-2-8-15/h3-6,13,20H,1-2,7-9H2,(H,18,19)/t13-/m1/s1. The summed E-state index contributed by atoms with van der Waals surface area (Å²) in [5, 5.41) is 22.6. The van der Waals surface area contributed by atoms with Crippen molar-refractivity contribution < 1.29 is 9.90 Å². The first-order chi connectivity index (χ1) is 9.52. The van der Waals surface area contributed by atoms with Crippen molar-refractivity contribution in [1.82, 2.24) is 5.32 Å². The summed E-state index contributed by atoms with van der Waals surface area (Å²) >= 11 is 5.79. The average Bonchev–Trinajstić information content (AvgIpc) is 2.83. The van der Waals surface area contributed by atoms with E-state index in [0.29, 0.717) is 23.4 Å². The van der Waals surface area contributed by atoms with Crippen LogP contribution in [0.4, 0.5) is 0 Å². The molecule has 0 saturated heterocycles. The van der Waals surface area contributed by atoms with E-state index in [0.717, 1.165) is 12.8 Å². The molecule has 20 heavy (non-hydrogen) atoms. The number of nitrogens with one attached hydrogen (secondary N) is 1. The molecule has 0 aromatic heterocycles. The van der Waals surface area contributed by atoms with E-state index >= 15 is 0 Å². The number of aliphatic hydroxyl groups is 1. The topological polar surface area (TPSA) is 73.1 Å². The third-order valence-electron chi connectivity index (χ3n) is 3.66. The number of amides is 1. The molecule has 0 spiro atoms. The first-order valence-electron chi connectivity index (χ1n) is 6.69. The third kappa shape index (κ3) is 3.72. The second-order valence-electron chi connectivity index (χ2n) is 5.29. The van der Waals surface area contributed by atoms with Crippen LogP contribution in [0.25, 0.3) is 0 Å². The fourth-order valence-corrected chi connectivity index (χ4v) is 2.69. The van der Waals surface area contributed by atoms with E-state index in [1.165, 1.54) is 0 Å². The monoisotopic (exact) mass is 292 g/mol. The highest BCUT2D eigenvalue weighted by Gasteiger charge is 2.33. The summed E-state index contributed by atoms with van der Waals surface area (Å²) in [7, 11) is 0. The predicted molar refractivity (Wildman–Crippen MR) is 76.0 cm³/mol. The molecule has 0 bridgehead atoms. The Hall–Kier alpha value is -1.57. The quantitative estimate of drug-likeness (QED) is 0.896. The van der Waals surface area contributed by atoms with Gasteiger partial charge in [0.1, 0.15) is 6.04 Å². The van der Waals surface area contributed by atoms with E-state index in [9.17, 15) is 9.90 Å². The van der Waals surface area contributed by atoms with Crippen LogP contribution in [-0.4, -0.2) is 16.6 Å². The first kappa shape index (κ1) is 14.8. The Labute approximate surface area is 123 Å². The summed E-state index contributed by atoms with van der Waals surface area (Å²) in [6.45, 7) is 0. The van der Waals surface area contributed by atoms with Crippen molar-refractivity contribution in [3.63, 3.8) is 0 Å². The number of hydrogen-bond donors (Lipinski definition) is 2. The Morgan fingerprint density at radius 1 is 1.40 bits per heavy atom. The van der Waals surface area contributed by atoms with Crippen LogP contribution in [0.5, 0.6) is 0 Å². The Bertz CT molecular complexity index is 516. The molecule has 1 aliphatic rings. The van der Waals surface area contributed by atoms with Crippen LogP contribution in [0.2, 0.25) is 5.02 Å². The first-order valence-corrected chi connectivity index (χ1v) is 7.07. The molecule has 0 aliphatic heterocycles. The van der Waals surface area contributed by atoms with E-state index in [2.05, 4.69) is 5.32 Å². The maximum Gasteiger partial charge on any atom is 0.224 e. The average molecular weight is 293 g/mol. The molecule has 5 heteroatoms. The number of nitriles is 1. The molecule has 1 aromatic rings. The fraction of sp³-hybridized carbons (Fsp3) is 0.467. The van der Waals surface area contributed by atoms with E-state index in [4.69, 9.17) is 16.9 Å². The summed E-state index contributed by atoms with van der Waals surface area (Å²) < 4.78 is 0. The summed E-state index contributed by atoms with van der Waals surface area (Å²) in [5.74, 6) is -0.295. The number of benzene rings is 1. The lowest BCUT2D eigenvalue weighted by Crippen LogP contribution is -2.36. The Morgan fingerprint density at radius 3 is 2.55 bits per heavy atom. The summed E-state index contributed by atoms with van der Waals surface area (Å²) in [6.07, 6.45) is 3.25. The summed E-state index contributed by atoms with van der Waals surface area (Å²) in [4.78, 5) is 12.0. The molecule has 2 rings (SSSR count). The van der Waals surface area contributed by atoms with Gasteiger partial charge in [0, 0.05) is 5.02 Å². The van der Waals surface area contributed by atoms with Crippen molar-refractivity contribution in [2.75, 3.05) is 0 Å². The van der Waals surface area contributed by atoms with Gasteiger partial charge in [0.05, 0.1) is 18.1 Å². The molecule has 1 amide bonds. The van der Waals surface area contributed by atoms with Gasteiger partial charge in [-0.05, 0) is 30.5 Å². The van der Waals surface area contributed by atoms with Gasteiger partial charge in [0.15, 0.2) is 0 Å². The molecule has 1 atom stereocenters. The minimum atomic E-state index is -0.899. The minimum absolute atomic E-state index is 0.0543. The number of halogens is 1.